The van der Waals surface area contributed by atoms with E-state index in [-0.39, 0.29) is 6.04 Å². The standard InChI is InChI=1S/C7H14N2O/c1-5-8-7(10-4)9-6(2)3/h5-6H,1-4H3. The quantitative estimate of drug-likeness (QED) is 0.403. The number of nitrogens with zero attached hydrogens (tertiary/aromatic N) is 2. The van der Waals surface area contributed by atoms with Crippen molar-refractivity contribution in [3.8, 4) is 0 Å². The van der Waals surface area contributed by atoms with Crippen LogP contribution in [0.25, 0.3) is 0 Å². The average Bonchev–Trinajstić information content (AvgIpc) is 1.86. The molecule has 0 radical (unpaired) electrons. The van der Waals surface area contributed by atoms with Crippen LogP contribution in [0.3, 0.4) is 0 Å². The Kier molecular flexibility index (Phi) is 4.54. The maximum Gasteiger partial charge on any atom is 0.311 e. The van der Waals surface area contributed by atoms with E-state index in [9.17, 15) is 0 Å². The third kappa shape index (κ3) is 4.06. The van der Waals surface area contributed by atoms with E-state index in [1.807, 2.05) is 20.8 Å². The minimum Gasteiger partial charge on any atom is -0.467 e. The van der Waals surface area contributed by atoms with Crippen LogP contribution in [0.1, 0.15) is 20.8 Å². The highest BCUT2D eigenvalue weighted by molar-refractivity contribution is 5.82. The van der Waals surface area contributed by atoms with Gasteiger partial charge in [-0.1, -0.05) is 0 Å². The van der Waals surface area contributed by atoms with E-state index in [0.717, 1.165) is 0 Å². The average molecular weight is 142 g/mol. The molecule has 0 aliphatic carbocycles. The molecule has 58 valence electrons. The molecule has 0 spiro atoms. The molecule has 3 heteroatoms. The molecule has 0 unspecified atom stereocenters. The first-order valence-corrected chi connectivity index (χ1v) is 3.31. The van der Waals surface area contributed by atoms with Crippen LogP contribution in [0.4, 0.5) is 0 Å². The van der Waals surface area contributed by atoms with E-state index in [1.165, 1.54) is 0 Å². The Hall–Kier alpha value is -0.860. The highest BCUT2D eigenvalue weighted by Gasteiger charge is 1.93. The van der Waals surface area contributed by atoms with Gasteiger partial charge in [-0.2, -0.15) is 0 Å². The molecule has 3 nitrogen and oxygen atoms in total. The van der Waals surface area contributed by atoms with Crippen molar-refractivity contribution in [2.75, 3.05) is 7.11 Å². The van der Waals surface area contributed by atoms with Crippen molar-refractivity contribution < 1.29 is 4.74 Å². The van der Waals surface area contributed by atoms with E-state index in [2.05, 4.69) is 9.98 Å². The molecule has 0 atom stereocenters. The summed E-state index contributed by atoms with van der Waals surface area (Å²) >= 11 is 0. The highest BCUT2D eigenvalue weighted by Crippen LogP contribution is 1.89. The summed E-state index contributed by atoms with van der Waals surface area (Å²) in [4.78, 5) is 7.97. The van der Waals surface area contributed by atoms with Gasteiger partial charge in [-0.3, -0.25) is 0 Å². The summed E-state index contributed by atoms with van der Waals surface area (Å²) in [6, 6.07) is 0.677. The van der Waals surface area contributed by atoms with E-state index in [0.29, 0.717) is 6.02 Å². The second-order valence-corrected chi connectivity index (χ2v) is 2.10. The maximum absolute atomic E-state index is 4.85. The predicted octanol–water partition coefficient (Wildman–Crippen LogP) is 1.49. The topological polar surface area (TPSA) is 34.0 Å². The third-order valence-electron chi connectivity index (χ3n) is 0.791. The van der Waals surface area contributed by atoms with Gasteiger partial charge >= 0.3 is 6.02 Å². The van der Waals surface area contributed by atoms with Crippen LogP contribution < -0.4 is 0 Å². The lowest BCUT2D eigenvalue weighted by Gasteiger charge is -1.99. The molecular weight excluding hydrogens is 128 g/mol. The van der Waals surface area contributed by atoms with Crippen LogP contribution in [-0.2, 0) is 4.74 Å². The lowest BCUT2D eigenvalue weighted by molar-refractivity contribution is 0.393. The number of hydrogen-bond acceptors (Lipinski definition) is 2. The molecule has 0 amide bonds. The highest BCUT2D eigenvalue weighted by atomic mass is 16.5. The van der Waals surface area contributed by atoms with Gasteiger partial charge in [-0.05, 0) is 20.8 Å². The van der Waals surface area contributed by atoms with Crippen LogP contribution in [0.5, 0.6) is 0 Å². The zero-order valence-electron chi connectivity index (χ0n) is 6.96. The largest absolute Gasteiger partial charge is 0.467 e. The molecule has 0 saturated heterocycles. The normalized spacial score (nSPS) is 13.1. The molecule has 0 saturated carbocycles. The number of rotatable bonds is 1. The smallest absolute Gasteiger partial charge is 0.311 e. The molecule has 0 aromatic heterocycles. The Morgan fingerprint density at radius 3 is 2.40 bits per heavy atom. The maximum atomic E-state index is 4.85. The fourth-order valence-electron chi connectivity index (χ4n) is 0.470. The predicted molar refractivity (Wildman–Crippen MR) is 43.7 cm³/mol. The molecule has 0 fully saturated rings. The number of hydrogen-bond donors (Lipinski definition) is 0. The van der Waals surface area contributed by atoms with Gasteiger partial charge in [-0.25, -0.2) is 9.98 Å². The molecule has 0 aromatic carbocycles. The monoisotopic (exact) mass is 142 g/mol. The summed E-state index contributed by atoms with van der Waals surface area (Å²) in [5.41, 5.74) is 0. The fourth-order valence-corrected chi connectivity index (χ4v) is 0.470. The molecule has 0 heterocycles. The lowest BCUT2D eigenvalue weighted by Crippen LogP contribution is -2.01. The summed E-state index contributed by atoms with van der Waals surface area (Å²) < 4.78 is 4.85. The second-order valence-electron chi connectivity index (χ2n) is 2.10. The molecule has 0 bridgehead atoms. The van der Waals surface area contributed by atoms with Crippen LogP contribution in [0.15, 0.2) is 9.98 Å². The molecular formula is C7H14N2O. The van der Waals surface area contributed by atoms with E-state index in [1.54, 1.807) is 13.3 Å². The Morgan fingerprint density at radius 1 is 1.50 bits per heavy atom. The lowest BCUT2D eigenvalue weighted by atomic mass is 10.4. The fraction of sp³-hybridized carbons (Fsp3) is 0.714. The number of aliphatic imine (C=N–C) groups is 2. The van der Waals surface area contributed by atoms with Gasteiger partial charge in [-0.15, -0.1) is 0 Å². The van der Waals surface area contributed by atoms with Gasteiger partial charge in [0.05, 0.1) is 7.11 Å². The Bertz CT molecular complexity index is 139. The second kappa shape index (κ2) is 4.97. The Labute approximate surface area is 61.8 Å². The molecule has 0 rings (SSSR count). The van der Waals surface area contributed by atoms with Crippen LogP contribution in [0.2, 0.25) is 0 Å². The third-order valence-corrected chi connectivity index (χ3v) is 0.791. The first kappa shape index (κ1) is 9.14. The van der Waals surface area contributed by atoms with Crippen LogP contribution >= 0.6 is 0 Å². The molecule has 0 aromatic rings. The summed E-state index contributed by atoms with van der Waals surface area (Å²) in [5.74, 6) is 0. The van der Waals surface area contributed by atoms with E-state index in [4.69, 9.17) is 4.74 Å². The summed E-state index contributed by atoms with van der Waals surface area (Å²) in [6.45, 7) is 5.78. The first-order valence-electron chi connectivity index (χ1n) is 3.31. The Balaban J connectivity index is 4.04. The van der Waals surface area contributed by atoms with Crippen molar-refractivity contribution in [1.82, 2.24) is 0 Å². The number of methoxy groups -OCH3 is 1. The van der Waals surface area contributed by atoms with Gasteiger partial charge in [0.15, 0.2) is 0 Å². The molecule has 0 aliphatic rings. The van der Waals surface area contributed by atoms with Crippen molar-refractivity contribution in [2.24, 2.45) is 9.98 Å². The van der Waals surface area contributed by atoms with Crippen LogP contribution in [-0.4, -0.2) is 25.4 Å². The van der Waals surface area contributed by atoms with Gasteiger partial charge < -0.3 is 4.74 Å². The minimum atomic E-state index is 0.235. The van der Waals surface area contributed by atoms with E-state index >= 15 is 0 Å². The van der Waals surface area contributed by atoms with Gasteiger partial charge in [0.1, 0.15) is 0 Å². The molecule has 0 aliphatic heterocycles. The summed E-state index contributed by atoms with van der Waals surface area (Å²) in [7, 11) is 1.56. The minimum absolute atomic E-state index is 0.235. The van der Waals surface area contributed by atoms with Crippen molar-refractivity contribution >= 4 is 12.2 Å². The van der Waals surface area contributed by atoms with E-state index < -0.39 is 0 Å². The van der Waals surface area contributed by atoms with Crippen molar-refractivity contribution in [3.63, 3.8) is 0 Å². The van der Waals surface area contributed by atoms with Gasteiger partial charge in [0, 0.05) is 12.3 Å². The molecule has 10 heavy (non-hydrogen) atoms. The van der Waals surface area contributed by atoms with Crippen LogP contribution in [0, 0.1) is 0 Å². The number of ether oxygens (including phenoxy) is 1. The summed E-state index contributed by atoms with van der Waals surface area (Å²) in [6.07, 6.45) is 1.66. The van der Waals surface area contributed by atoms with Gasteiger partial charge in [0.2, 0.25) is 0 Å². The van der Waals surface area contributed by atoms with Crippen molar-refractivity contribution in [3.05, 3.63) is 0 Å². The Morgan fingerprint density at radius 2 is 2.10 bits per heavy atom. The van der Waals surface area contributed by atoms with Gasteiger partial charge in [0.25, 0.3) is 0 Å². The van der Waals surface area contributed by atoms with Crippen molar-refractivity contribution in [2.45, 2.75) is 26.8 Å². The van der Waals surface area contributed by atoms with Crippen molar-refractivity contribution in [1.29, 1.82) is 0 Å². The first-order chi connectivity index (χ1) is 4.70. The zero-order chi connectivity index (χ0) is 7.98. The summed E-state index contributed by atoms with van der Waals surface area (Å²) in [5, 5.41) is 0. The molecule has 0 N–H and O–H groups in total. The number of amidine groups is 1. The SMILES string of the molecule is CC=NC(=NC(C)C)OC. The zero-order valence-corrected chi connectivity index (χ0v) is 6.96.